The molecule has 0 spiro atoms. The first-order valence-electron chi connectivity index (χ1n) is 3.67. The SMILES string of the molecule is [O]Cc1ccc2cncnc2c1. The Balaban J connectivity index is 2.67. The van der Waals surface area contributed by atoms with E-state index in [-0.39, 0.29) is 6.61 Å². The van der Waals surface area contributed by atoms with Crippen molar-refractivity contribution in [2.45, 2.75) is 6.61 Å². The molecule has 1 radical (unpaired) electrons. The minimum Gasteiger partial charge on any atom is -0.244 e. The van der Waals surface area contributed by atoms with Crippen LogP contribution in [0, 0.1) is 0 Å². The molecule has 0 bridgehead atoms. The first kappa shape index (κ1) is 7.18. The molecule has 0 saturated heterocycles. The number of hydrogen-bond acceptors (Lipinski definition) is 2. The molecule has 1 aromatic heterocycles. The van der Waals surface area contributed by atoms with E-state index in [9.17, 15) is 5.11 Å². The number of fused-ring (bicyclic) bond motifs is 1. The van der Waals surface area contributed by atoms with Gasteiger partial charge in [0.2, 0.25) is 0 Å². The van der Waals surface area contributed by atoms with Gasteiger partial charge in [0.05, 0.1) is 5.52 Å². The van der Waals surface area contributed by atoms with E-state index in [2.05, 4.69) is 9.97 Å². The molecule has 0 amide bonds. The summed E-state index contributed by atoms with van der Waals surface area (Å²) in [5, 5.41) is 11.5. The van der Waals surface area contributed by atoms with Crippen LogP contribution < -0.4 is 0 Å². The topological polar surface area (TPSA) is 45.7 Å². The van der Waals surface area contributed by atoms with Crippen molar-refractivity contribution >= 4 is 10.9 Å². The second kappa shape index (κ2) is 2.87. The number of rotatable bonds is 1. The molecule has 0 atom stereocenters. The number of aromatic nitrogens is 2. The molecule has 0 aliphatic heterocycles. The normalized spacial score (nSPS) is 10.4. The summed E-state index contributed by atoms with van der Waals surface area (Å²) in [7, 11) is 0. The van der Waals surface area contributed by atoms with E-state index >= 15 is 0 Å². The Morgan fingerprint density at radius 1 is 1.33 bits per heavy atom. The number of nitrogens with zero attached hydrogens (tertiary/aromatic N) is 2. The minimum absolute atomic E-state index is 0.195. The van der Waals surface area contributed by atoms with Crippen molar-refractivity contribution < 1.29 is 5.11 Å². The number of benzene rings is 1. The van der Waals surface area contributed by atoms with Gasteiger partial charge in [0, 0.05) is 11.6 Å². The third-order valence-electron chi connectivity index (χ3n) is 1.74. The van der Waals surface area contributed by atoms with E-state index in [4.69, 9.17) is 0 Å². The van der Waals surface area contributed by atoms with Crippen LogP contribution >= 0.6 is 0 Å². The fraction of sp³-hybridized carbons (Fsp3) is 0.111. The van der Waals surface area contributed by atoms with Gasteiger partial charge < -0.3 is 0 Å². The second-order valence-electron chi connectivity index (χ2n) is 2.56. The van der Waals surface area contributed by atoms with Crippen molar-refractivity contribution in [3.8, 4) is 0 Å². The van der Waals surface area contributed by atoms with E-state index in [0.29, 0.717) is 0 Å². The van der Waals surface area contributed by atoms with Gasteiger partial charge in [-0.25, -0.2) is 15.1 Å². The maximum atomic E-state index is 10.5. The maximum Gasteiger partial charge on any atom is 0.116 e. The van der Waals surface area contributed by atoms with Gasteiger partial charge in [-0.1, -0.05) is 12.1 Å². The fourth-order valence-electron chi connectivity index (χ4n) is 1.11. The van der Waals surface area contributed by atoms with E-state index in [1.165, 1.54) is 6.33 Å². The van der Waals surface area contributed by atoms with Crippen molar-refractivity contribution in [3.63, 3.8) is 0 Å². The van der Waals surface area contributed by atoms with Gasteiger partial charge in [-0.05, 0) is 11.6 Å². The van der Waals surface area contributed by atoms with E-state index in [0.717, 1.165) is 16.5 Å². The van der Waals surface area contributed by atoms with Crippen LogP contribution in [0.2, 0.25) is 0 Å². The molecule has 2 rings (SSSR count). The highest BCUT2D eigenvalue weighted by molar-refractivity contribution is 5.77. The molecule has 0 saturated carbocycles. The predicted octanol–water partition coefficient (Wildman–Crippen LogP) is 1.56. The molecule has 3 heteroatoms. The van der Waals surface area contributed by atoms with Crippen LogP contribution in [0.15, 0.2) is 30.7 Å². The monoisotopic (exact) mass is 159 g/mol. The summed E-state index contributed by atoms with van der Waals surface area (Å²) in [4.78, 5) is 7.92. The van der Waals surface area contributed by atoms with Gasteiger partial charge in [0.25, 0.3) is 0 Å². The largest absolute Gasteiger partial charge is 0.244 e. The van der Waals surface area contributed by atoms with E-state index in [1.54, 1.807) is 18.3 Å². The Kier molecular flexibility index (Phi) is 1.72. The third-order valence-corrected chi connectivity index (χ3v) is 1.74. The van der Waals surface area contributed by atoms with E-state index in [1.807, 2.05) is 6.07 Å². The summed E-state index contributed by atoms with van der Waals surface area (Å²) in [6, 6.07) is 5.46. The summed E-state index contributed by atoms with van der Waals surface area (Å²) in [6.45, 7) is -0.195. The van der Waals surface area contributed by atoms with Crippen molar-refractivity contribution in [3.05, 3.63) is 36.3 Å². The van der Waals surface area contributed by atoms with Gasteiger partial charge in [-0.3, -0.25) is 0 Å². The highest BCUT2D eigenvalue weighted by Crippen LogP contribution is 2.11. The lowest BCUT2D eigenvalue weighted by Crippen LogP contribution is -1.84. The molecular formula is C9H7N2O. The average molecular weight is 159 g/mol. The van der Waals surface area contributed by atoms with Crippen LogP contribution in [-0.4, -0.2) is 9.97 Å². The van der Waals surface area contributed by atoms with Crippen molar-refractivity contribution in [1.82, 2.24) is 9.97 Å². The second-order valence-corrected chi connectivity index (χ2v) is 2.56. The molecule has 2 aromatic rings. The van der Waals surface area contributed by atoms with E-state index < -0.39 is 0 Å². The molecule has 0 aliphatic rings. The Morgan fingerprint density at radius 2 is 2.25 bits per heavy atom. The lowest BCUT2D eigenvalue weighted by atomic mass is 10.2. The lowest BCUT2D eigenvalue weighted by Gasteiger charge is -1.96. The Labute approximate surface area is 69.7 Å². The van der Waals surface area contributed by atoms with Crippen molar-refractivity contribution in [2.75, 3.05) is 0 Å². The third kappa shape index (κ3) is 1.14. The maximum absolute atomic E-state index is 10.5. The zero-order chi connectivity index (χ0) is 8.39. The van der Waals surface area contributed by atoms with Crippen molar-refractivity contribution in [1.29, 1.82) is 0 Å². The summed E-state index contributed by atoms with van der Waals surface area (Å²) >= 11 is 0. The van der Waals surface area contributed by atoms with Crippen LogP contribution in [0.25, 0.3) is 10.9 Å². The standard InChI is InChI=1S/C9H7N2O/c12-5-7-1-2-8-4-10-6-11-9(8)3-7/h1-4,6H,5H2. The highest BCUT2D eigenvalue weighted by atomic mass is 16.3. The average Bonchev–Trinajstić information content (AvgIpc) is 2.17. The van der Waals surface area contributed by atoms with Gasteiger partial charge in [0.1, 0.15) is 12.9 Å². The molecular weight excluding hydrogens is 152 g/mol. The van der Waals surface area contributed by atoms with Crippen LogP contribution in [-0.2, 0) is 11.7 Å². The van der Waals surface area contributed by atoms with Gasteiger partial charge >= 0.3 is 0 Å². The molecule has 3 nitrogen and oxygen atoms in total. The van der Waals surface area contributed by atoms with Gasteiger partial charge in [-0.15, -0.1) is 0 Å². The highest BCUT2D eigenvalue weighted by Gasteiger charge is 1.95. The molecule has 1 heterocycles. The van der Waals surface area contributed by atoms with Crippen LogP contribution in [0.4, 0.5) is 0 Å². The Bertz CT molecular complexity index is 400. The first-order chi connectivity index (χ1) is 5.90. The van der Waals surface area contributed by atoms with Gasteiger partial charge in [-0.2, -0.15) is 0 Å². The predicted molar refractivity (Wildman–Crippen MR) is 43.9 cm³/mol. The zero-order valence-electron chi connectivity index (χ0n) is 6.40. The fourth-order valence-corrected chi connectivity index (χ4v) is 1.11. The molecule has 12 heavy (non-hydrogen) atoms. The smallest absolute Gasteiger partial charge is 0.116 e. The molecule has 0 fully saturated rings. The summed E-state index contributed by atoms with van der Waals surface area (Å²) in [5.74, 6) is 0. The Hall–Kier alpha value is -1.48. The lowest BCUT2D eigenvalue weighted by molar-refractivity contribution is 0.177. The van der Waals surface area contributed by atoms with Gasteiger partial charge in [0.15, 0.2) is 0 Å². The number of hydrogen-bond donors (Lipinski definition) is 0. The molecule has 0 unspecified atom stereocenters. The zero-order valence-corrected chi connectivity index (χ0v) is 6.40. The summed E-state index contributed by atoms with van der Waals surface area (Å²) < 4.78 is 0. The minimum atomic E-state index is -0.195. The molecule has 1 aromatic carbocycles. The molecule has 0 aliphatic carbocycles. The quantitative estimate of drug-likeness (QED) is 0.633. The Morgan fingerprint density at radius 3 is 3.08 bits per heavy atom. The summed E-state index contributed by atoms with van der Waals surface area (Å²) in [5.41, 5.74) is 1.60. The first-order valence-corrected chi connectivity index (χ1v) is 3.67. The van der Waals surface area contributed by atoms with Crippen LogP contribution in [0.5, 0.6) is 0 Å². The molecule has 59 valence electrons. The van der Waals surface area contributed by atoms with Crippen LogP contribution in [0.3, 0.4) is 0 Å². The van der Waals surface area contributed by atoms with Crippen LogP contribution in [0.1, 0.15) is 5.56 Å². The molecule has 0 N–H and O–H groups in total. The van der Waals surface area contributed by atoms with Crippen molar-refractivity contribution in [2.24, 2.45) is 0 Å². The summed E-state index contributed by atoms with van der Waals surface area (Å²) in [6.07, 6.45) is 3.22.